The van der Waals surface area contributed by atoms with Gasteiger partial charge in [0.15, 0.2) is 17.9 Å². The highest BCUT2D eigenvalue weighted by atomic mass is 79.9. The molecule has 1 spiro atoms. The van der Waals surface area contributed by atoms with Crippen LogP contribution in [0.15, 0.2) is 0 Å². The van der Waals surface area contributed by atoms with E-state index in [0.717, 1.165) is 10.7 Å². The minimum Gasteiger partial charge on any atom is -0.396 e. The second-order valence-electron chi connectivity index (χ2n) is 10.3. The molecule has 332 valence electrons. The number of aliphatic hydroxyl groups excluding tert-OH is 6. The predicted molar refractivity (Wildman–Crippen MR) is 255 cm³/mol. The zero-order valence-electron chi connectivity index (χ0n) is 27.2. The highest BCUT2D eigenvalue weighted by molar-refractivity contribution is 9.10. The first kappa shape index (κ1) is 68.1. The van der Waals surface area contributed by atoms with E-state index in [9.17, 15) is 0 Å². The molecule has 34 heteroatoms. The third-order valence-corrected chi connectivity index (χ3v) is 14.5. The average molecular weight is 1400 g/mol. The summed E-state index contributed by atoms with van der Waals surface area (Å²) in [6.07, 6.45) is 0. The summed E-state index contributed by atoms with van der Waals surface area (Å²) in [6.45, 7) is 1.77. The van der Waals surface area contributed by atoms with Crippen molar-refractivity contribution in [2.24, 2.45) is 21.7 Å². The molecule has 0 amide bonds. The molecule has 0 aromatic carbocycles. The van der Waals surface area contributed by atoms with Crippen LogP contribution in [0, 0.1) is 21.7 Å². The van der Waals surface area contributed by atoms with E-state index in [1.54, 1.807) is 0 Å². The van der Waals surface area contributed by atoms with Crippen molar-refractivity contribution in [1.29, 1.82) is 0 Å². The Kier molecular flexibility index (Phi) is 52.8. The second-order valence-corrected chi connectivity index (χ2v) is 32.8. The van der Waals surface area contributed by atoms with Gasteiger partial charge in [0, 0.05) is 32.2 Å². The molecule has 0 atom stereocenters. The lowest BCUT2D eigenvalue weighted by molar-refractivity contribution is -0.0478. The summed E-state index contributed by atoms with van der Waals surface area (Å²) in [5, 5.41) is 54.5. The number of alkyl halides is 4. The summed E-state index contributed by atoms with van der Waals surface area (Å²) in [5.41, 5.74) is -1.64. The lowest BCUT2D eigenvalue weighted by atomic mass is 9.93. The Morgan fingerprint density at radius 3 is 0.778 bits per heavy atom. The Balaban J connectivity index is -0.000000283. The van der Waals surface area contributed by atoms with Crippen LogP contribution >= 0.6 is 240 Å². The van der Waals surface area contributed by atoms with Gasteiger partial charge in [-0.1, -0.05) is 165 Å². The highest BCUT2D eigenvalue weighted by Gasteiger charge is 2.42. The lowest BCUT2D eigenvalue weighted by Gasteiger charge is -2.40. The minimum absolute atomic E-state index is 0. The van der Waals surface area contributed by atoms with Gasteiger partial charge in [0.1, 0.15) is 0 Å². The molecule has 12 nitrogen and oxygen atoms in total. The van der Waals surface area contributed by atoms with E-state index in [-0.39, 0.29) is 29.5 Å². The minimum atomic E-state index is -1.22. The first-order chi connectivity index (χ1) is 25.1. The molecule has 0 aromatic rings. The van der Waals surface area contributed by atoms with E-state index in [4.69, 9.17) is 193 Å². The second kappa shape index (κ2) is 41.9. The van der Waals surface area contributed by atoms with Crippen LogP contribution in [0.4, 0.5) is 0 Å². The molecule has 3 fully saturated rings. The summed E-state index contributed by atoms with van der Waals surface area (Å²) < 4.78 is 31.3. The quantitative estimate of drug-likeness (QED) is 0.0903. The van der Waals surface area contributed by atoms with Gasteiger partial charge >= 0.3 is 0 Å². The molecular weight excluding hydrogens is 1360 g/mol. The molecular formula is C20H38Br4Cl12O12P6. The molecule has 0 bridgehead atoms. The van der Waals surface area contributed by atoms with Crippen molar-refractivity contribution in [3.63, 3.8) is 0 Å². The van der Waals surface area contributed by atoms with E-state index < -0.39 is 73.0 Å². The summed E-state index contributed by atoms with van der Waals surface area (Å²) in [7, 11) is -3.57. The monoisotopic (exact) mass is 1390 g/mol. The fourth-order valence-corrected chi connectivity index (χ4v) is 8.84. The molecule has 0 aliphatic carbocycles. The molecule has 3 saturated heterocycles. The maximum atomic E-state index is 8.76. The Labute approximate surface area is 414 Å². The van der Waals surface area contributed by atoms with Gasteiger partial charge in [0.25, 0.3) is 23.2 Å². The third-order valence-electron chi connectivity index (χ3n) is 5.98. The Hall–Kier alpha value is 7.50. The van der Waals surface area contributed by atoms with Crippen LogP contribution < -0.4 is 0 Å². The molecule has 0 saturated carbocycles. The number of aliphatic hydroxyl groups is 6. The van der Waals surface area contributed by atoms with Gasteiger partial charge in [0.05, 0.1) is 90.1 Å². The maximum Gasteiger partial charge on any atom is 0.276 e. The molecule has 0 radical (unpaired) electrons. The van der Waals surface area contributed by atoms with Crippen molar-refractivity contribution in [1.82, 2.24) is 0 Å². The summed E-state index contributed by atoms with van der Waals surface area (Å²) >= 11 is 74.1. The van der Waals surface area contributed by atoms with Crippen molar-refractivity contribution in [2.45, 2.75) is 0 Å². The van der Waals surface area contributed by atoms with Crippen molar-refractivity contribution in [2.75, 3.05) is 101 Å². The topological polar surface area (TPSA) is 177 Å². The number of halogens is 16. The highest BCUT2D eigenvalue weighted by Crippen LogP contribution is 2.56. The predicted octanol–water partition coefficient (Wildman–Crippen LogP) is 13.8. The summed E-state index contributed by atoms with van der Waals surface area (Å²) in [5.74, 6) is -3.61. The van der Waals surface area contributed by atoms with Crippen LogP contribution in [-0.4, -0.2) is 131 Å². The Morgan fingerprint density at radius 2 is 0.648 bits per heavy atom. The Bertz CT molecular complexity index is 730. The van der Waals surface area contributed by atoms with E-state index in [2.05, 4.69) is 63.7 Å². The van der Waals surface area contributed by atoms with Crippen LogP contribution in [0.5, 0.6) is 0 Å². The zero-order chi connectivity index (χ0) is 43.0. The van der Waals surface area contributed by atoms with Gasteiger partial charge in [0.2, 0.25) is 0 Å². The van der Waals surface area contributed by atoms with E-state index in [1.165, 1.54) is 0 Å². The van der Waals surface area contributed by atoms with Gasteiger partial charge < -0.3 is 57.8 Å². The molecule has 3 rings (SSSR count). The van der Waals surface area contributed by atoms with E-state index in [0.29, 0.717) is 50.3 Å². The van der Waals surface area contributed by atoms with Crippen LogP contribution in [0.25, 0.3) is 0 Å². The molecule has 3 aliphatic heterocycles. The van der Waals surface area contributed by atoms with Crippen LogP contribution in [0.1, 0.15) is 0 Å². The molecule has 0 unspecified atom stereocenters. The fraction of sp³-hybridized carbons (Fsp3) is 1.00. The molecule has 3 heterocycles. The first-order valence-corrected chi connectivity index (χ1v) is 36.4. The van der Waals surface area contributed by atoms with Crippen LogP contribution in [0.3, 0.4) is 0 Å². The smallest absolute Gasteiger partial charge is 0.276 e. The maximum absolute atomic E-state index is 8.76. The zero-order valence-corrected chi connectivity index (χ0v) is 48.0. The van der Waals surface area contributed by atoms with Crippen LogP contribution in [0.2, 0.25) is 0 Å². The van der Waals surface area contributed by atoms with Gasteiger partial charge in [-0.3, -0.25) is 0 Å². The molecule has 3 aliphatic rings. The van der Waals surface area contributed by atoms with Crippen molar-refractivity contribution in [3.8, 4) is 0 Å². The van der Waals surface area contributed by atoms with Crippen molar-refractivity contribution in [3.05, 3.63) is 0 Å². The third kappa shape index (κ3) is 37.7. The normalized spacial score (nSPS) is 22.4. The van der Waals surface area contributed by atoms with E-state index >= 15 is 0 Å². The van der Waals surface area contributed by atoms with Crippen LogP contribution in [-0.2, 0) is 27.1 Å². The number of rotatable bonds is 10. The SMILES string of the molecule is ClP(Cl)Cl.ClP(Cl)Cl.ClP(Cl)Cl.ClP1OCC(CBr)(CBr)CO1.ClP1OCC2(CO1)COP(Cl)OC2.OCC(CO)(CBr)CBr.OCC(CO)(CO)CO. The van der Waals surface area contributed by atoms with E-state index in [1.807, 2.05) is 0 Å². The number of hydrogen-bond acceptors (Lipinski definition) is 12. The first-order valence-electron chi connectivity index (χ1n) is 13.5. The van der Waals surface area contributed by atoms with Crippen molar-refractivity contribution < 1.29 is 57.8 Å². The standard InChI is InChI=1S/C5H8Br2ClO2P.C5H10Br2O2.C5H8Cl2O4P2.C5H12O4.3Cl3P/c6-1-5(2-7)3-9-11(8)10-4-5;6-1-5(2-7,3-8)4-9;6-12-8-1-5(2-9-12)3-10-13(7)11-4-5;6-1-5(2-7,3-8)4-9;3*1-4(2)3/h1-4H2;8-9H,1-4H2;1-4H2;6-9H,1-4H2;;;. The van der Waals surface area contributed by atoms with Crippen molar-refractivity contribution >= 4 is 240 Å². The average Bonchev–Trinajstić information content (AvgIpc) is 3.14. The molecule has 6 N–H and O–H groups in total. The van der Waals surface area contributed by atoms with Gasteiger partial charge in [-0.2, -0.15) is 0 Å². The Morgan fingerprint density at radius 1 is 0.444 bits per heavy atom. The lowest BCUT2D eigenvalue weighted by Crippen LogP contribution is -2.43. The fourth-order valence-electron chi connectivity index (χ4n) is 2.27. The van der Waals surface area contributed by atoms with Gasteiger partial charge in [-0.05, 0) is 33.7 Å². The van der Waals surface area contributed by atoms with Gasteiger partial charge in [-0.25, -0.2) is 0 Å². The molecule has 54 heavy (non-hydrogen) atoms. The van der Waals surface area contributed by atoms with Gasteiger partial charge in [-0.15, -0.1) is 0 Å². The summed E-state index contributed by atoms with van der Waals surface area (Å²) in [4.78, 5) is 0. The summed E-state index contributed by atoms with van der Waals surface area (Å²) in [6, 6.07) is 0. The largest absolute Gasteiger partial charge is 0.396 e. The molecule has 0 aromatic heterocycles. The number of hydrogen-bond donors (Lipinski definition) is 6.